The number of hydrogen-bond donors (Lipinski definition) is 1. The van der Waals surface area contributed by atoms with E-state index in [-0.39, 0.29) is 5.91 Å². The van der Waals surface area contributed by atoms with Crippen LogP contribution in [0.2, 0.25) is 0 Å². The Hall–Kier alpha value is -3.33. The molecule has 0 aliphatic heterocycles. The number of nitrogens with zero attached hydrogens (tertiary/aromatic N) is 4. The third-order valence-corrected chi connectivity index (χ3v) is 3.60. The molecule has 1 aromatic carbocycles. The van der Waals surface area contributed by atoms with Crippen molar-refractivity contribution >= 4 is 5.91 Å². The highest BCUT2D eigenvalue weighted by molar-refractivity contribution is 5.94. The molecule has 0 fully saturated rings. The van der Waals surface area contributed by atoms with Gasteiger partial charge in [-0.1, -0.05) is 5.92 Å². The number of amides is 1. The molecule has 0 atom stereocenters. The lowest BCUT2D eigenvalue weighted by Gasteiger charge is -2.09. The van der Waals surface area contributed by atoms with Gasteiger partial charge in [-0.3, -0.25) is 4.79 Å². The predicted octanol–water partition coefficient (Wildman–Crippen LogP) is 1.87. The number of aromatic nitrogens is 4. The maximum absolute atomic E-state index is 12.3. The summed E-state index contributed by atoms with van der Waals surface area (Å²) in [5.74, 6) is 2.48. The van der Waals surface area contributed by atoms with E-state index in [1.807, 2.05) is 29.1 Å². The molecule has 2 heterocycles. The van der Waals surface area contributed by atoms with Crippen LogP contribution in [0.25, 0.3) is 5.69 Å². The summed E-state index contributed by atoms with van der Waals surface area (Å²) in [4.78, 5) is 16.2. The molecule has 0 spiro atoms. The summed E-state index contributed by atoms with van der Waals surface area (Å²) in [6.07, 6.45) is 15.3. The number of carbonyl (C=O) groups is 1. The average molecular weight is 319 g/mol. The van der Waals surface area contributed by atoms with Gasteiger partial charge in [0.05, 0.1) is 17.6 Å². The normalized spacial score (nSPS) is 10.3. The first-order chi connectivity index (χ1) is 11.8. The minimum Gasteiger partial charge on any atom is -0.352 e. The molecule has 1 amide bonds. The third-order valence-electron chi connectivity index (χ3n) is 3.60. The van der Waals surface area contributed by atoms with E-state index in [0.717, 1.165) is 18.7 Å². The molecule has 1 N–H and O–H groups in total. The van der Waals surface area contributed by atoms with Crippen LogP contribution in [0.3, 0.4) is 0 Å². The third kappa shape index (κ3) is 3.52. The van der Waals surface area contributed by atoms with E-state index in [9.17, 15) is 4.79 Å². The first-order valence-electron chi connectivity index (χ1n) is 7.62. The second-order valence-corrected chi connectivity index (χ2v) is 5.24. The molecular formula is C18H17N5O. The summed E-state index contributed by atoms with van der Waals surface area (Å²) in [7, 11) is 0. The van der Waals surface area contributed by atoms with E-state index in [4.69, 9.17) is 6.42 Å². The van der Waals surface area contributed by atoms with Gasteiger partial charge in [-0.25, -0.2) is 9.67 Å². The van der Waals surface area contributed by atoms with Gasteiger partial charge in [0.25, 0.3) is 5.91 Å². The van der Waals surface area contributed by atoms with E-state index in [1.165, 1.54) is 0 Å². The Kier molecular flexibility index (Phi) is 4.73. The fraction of sp³-hybridized carbons (Fsp3) is 0.167. The molecule has 120 valence electrons. The van der Waals surface area contributed by atoms with E-state index in [1.54, 1.807) is 35.5 Å². The molecule has 3 aromatic rings. The molecular weight excluding hydrogens is 302 g/mol. The van der Waals surface area contributed by atoms with Gasteiger partial charge in [0, 0.05) is 43.4 Å². The maximum Gasteiger partial charge on any atom is 0.251 e. The quantitative estimate of drug-likeness (QED) is 0.557. The number of benzene rings is 1. The second kappa shape index (κ2) is 7.29. The SMILES string of the molecule is C#Cc1cc(C(=O)NCCCn2ccnc2)ccc1-n1cccn1. The average Bonchev–Trinajstić information content (AvgIpc) is 3.31. The molecule has 2 aromatic heterocycles. The van der Waals surface area contributed by atoms with Crippen molar-refractivity contribution in [2.45, 2.75) is 13.0 Å². The van der Waals surface area contributed by atoms with Gasteiger partial charge in [-0.15, -0.1) is 6.42 Å². The standard InChI is InChI=1S/C18H17N5O/c1-2-15-13-16(5-6-17(15)23-11-4-8-21-23)18(24)20-7-3-10-22-12-9-19-14-22/h1,4-6,8-9,11-14H,3,7,10H2,(H,20,24). The summed E-state index contributed by atoms with van der Waals surface area (Å²) in [5.41, 5.74) is 1.95. The summed E-state index contributed by atoms with van der Waals surface area (Å²) >= 11 is 0. The molecule has 0 aliphatic carbocycles. The number of rotatable bonds is 6. The lowest BCUT2D eigenvalue weighted by molar-refractivity contribution is 0.0952. The number of hydrogen-bond acceptors (Lipinski definition) is 3. The zero-order valence-electron chi connectivity index (χ0n) is 13.1. The zero-order chi connectivity index (χ0) is 16.8. The largest absolute Gasteiger partial charge is 0.352 e. The Morgan fingerprint density at radius 2 is 2.21 bits per heavy atom. The van der Waals surface area contributed by atoms with Gasteiger partial charge in [-0.05, 0) is 30.7 Å². The van der Waals surface area contributed by atoms with Crippen LogP contribution < -0.4 is 5.32 Å². The fourth-order valence-corrected chi connectivity index (χ4v) is 2.39. The number of carbonyl (C=O) groups excluding carboxylic acids is 1. The molecule has 24 heavy (non-hydrogen) atoms. The van der Waals surface area contributed by atoms with E-state index < -0.39 is 0 Å². The van der Waals surface area contributed by atoms with Gasteiger partial charge in [0.2, 0.25) is 0 Å². The van der Waals surface area contributed by atoms with Gasteiger partial charge in [0.1, 0.15) is 0 Å². The predicted molar refractivity (Wildman–Crippen MR) is 90.7 cm³/mol. The molecule has 6 nitrogen and oxygen atoms in total. The molecule has 0 aliphatic rings. The first-order valence-corrected chi connectivity index (χ1v) is 7.62. The summed E-state index contributed by atoms with van der Waals surface area (Å²) in [5, 5.41) is 7.07. The zero-order valence-corrected chi connectivity index (χ0v) is 13.1. The highest BCUT2D eigenvalue weighted by Gasteiger charge is 2.09. The molecule has 0 unspecified atom stereocenters. The number of aryl methyl sites for hydroxylation is 1. The van der Waals surface area contributed by atoms with Crippen molar-refractivity contribution in [3.05, 3.63) is 66.5 Å². The minimum atomic E-state index is -0.135. The van der Waals surface area contributed by atoms with Crippen molar-refractivity contribution in [1.29, 1.82) is 0 Å². The lowest BCUT2D eigenvalue weighted by Crippen LogP contribution is -2.25. The number of terminal acetylenes is 1. The van der Waals surface area contributed by atoms with Crippen molar-refractivity contribution in [3.8, 4) is 18.0 Å². The van der Waals surface area contributed by atoms with Crippen molar-refractivity contribution in [2.75, 3.05) is 6.54 Å². The maximum atomic E-state index is 12.3. The van der Waals surface area contributed by atoms with Crippen LogP contribution in [-0.2, 0) is 6.54 Å². The second-order valence-electron chi connectivity index (χ2n) is 5.24. The van der Waals surface area contributed by atoms with Crippen molar-refractivity contribution in [1.82, 2.24) is 24.6 Å². The molecule has 0 bridgehead atoms. The Morgan fingerprint density at radius 1 is 1.29 bits per heavy atom. The van der Waals surface area contributed by atoms with Crippen LogP contribution in [0.15, 0.2) is 55.4 Å². The fourth-order valence-electron chi connectivity index (χ4n) is 2.39. The molecule has 6 heteroatoms. The Bertz CT molecular complexity index is 844. The summed E-state index contributed by atoms with van der Waals surface area (Å²) in [6.45, 7) is 1.40. The van der Waals surface area contributed by atoms with Gasteiger partial charge in [-0.2, -0.15) is 5.10 Å². The highest BCUT2D eigenvalue weighted by atomic mass is 16.1. The van der Waals surface area contributed by atoms with Crippen LogP contribution in [0, 0.1) is 12.3 Å². The Balaban J connectivity index is 1.62. The smallest absolute Gasteiger partial charge is 0.251 e. The molecule has 3 rings (SSSR count). The van der Waals surface area contributed by atoms with Gasteiger partial charge in [0.15, 0.2) is 0 Å². The first kappa shape index (κ1) is 15.6. The highest BCUT2D eigenvalue weighted by Crippen LogP contribution is 2.15. The molecule has 0 saturated heterocycles. The van der Waals surface area contributed by atoms with Crippen LogP contribution in [-0.4, -0.2) is 31.8 Å². The number of imidazole rings is 1. The van der Waals surface area contributed by atoms with Crippen LogP contribution in [0.5, 0.6) is 0 Å². The van der Waals surface area contributed by atoms with Crippen LogP contribution >= 0.6 is 0 Å². The van der Waals surface area contributed by atoms with Crippen LogP contribution in [0.1, 0.15) is 22.3 Å². The Morgan fingerprint density at radius 3 is 2.92 bits per heavy atom. The molecule has 0 saturated carbocycles. The summed E-state index contributed by atoms with van der Waals surface area (Å²) in [6, 6.07) is 7.09. The monoisotopic (exact) mass is 319 g/mol. The summed E-state index contributed by atoms with van der Waals surface area (Å²) < 4.78 is 3.66. The van der Waals surface area contributed by atoms with E-state index in [0.29, 0.717) is 17.7 Å². The minimum absolute atomic E-state index is 0.135. The van der Waals surface area contributed by atoms with Crippen molar-refractivity contribution in [2.24, 2.45) is 0 Å². The van der Waals surface area contributed by atoms with Crippen LogP contribution in [0.4, 0.5) is 0 Å². The topological polar surface area (TPSA) is 64.7 Å². The molecule has 0 radical (unpaired) electrons. The van der Waals surface area contributed by atoms with Gasteiger partial charge < -0.3 is 9.88 Å². The lowest BCUT2D eigenvalue weighted by atomic mass is 10.1. The number of nitrogens with one attached hydrogen (secondary N) is 1. The van der Waals surface area contributed by atoms with E-state index in [2.05, 4.69) is 21.3 Å². The van der Waals surface area contributed by atoms with Crippen molar-refractivity contribution < 1.29 is 4.79 Å². The van der Waals surface area contributed by atoms with Crippen molar-refractivity contribution in [3.63, 3.8) is 0 Å². The van der Waals surface area contributed by atoms with E-state index >= 15 is 0 Å². The Labute approximate surface area is 140 Å². The van der Waals surface area contributed by atoms with Gasteiger partial charge >= 0.3 is 0 Å².